The molecule has 0 aliphatic heterocycles. The van der Waals surface area contributed by atoms with Crippen molar-refractivity contribution < 1.29 is 9.53 Å². The Balaban J connectivity index is 0. The van der Waals surface area contributed by atoms with Crippen molar-refractivity contribution in [2.45, 2.75) is 26.8 Å². The molecule has 0 saturated heterocycles. The summed E-state index contributed by atoms with van der Waals surface area (Å²) in [6.45, 7) is 6.02. The molecule has 0 aliphatic rings. The number of nitrogens with zero attached hydrogens (tertiary/aromatic N) is 1. The Labute approximate surface area is 108 Å². The largest absolute Gasteiger partial charge is 0.469 e. The van der Waals surface area contributed by atoms with Crippen LogP contribution in [0.5, 0.6) is 0 Å². The predicted octanol–water partition coefficient (Wildman–Crippen LogP) is 0.726. The summed E-state index contributed by atoms with van der Waals surface area (Å²) in [5.74, 6) is -0.172. The van der Waals surface area contributed by atoms with E-state index in [4.69, 9.17) is 5.73 Å². The lowest BCUT2D eigenvalue weighted by Crippen LogP contribution is -2.37. The number of methoxy groups -OCH3 is 1. The lowest BCUT2D eigenvalue weighted by molar-refractivity contribution is -0.144. The first-order chi connectivity index (χ1) is 6.47. The molecule has 0 spiro atoms. The molecule has 0 rings (SSSR count). The van der Waals surface area contributed by atoms with Gasteiger partial charge in [-0.15, -0.1) is 24.0 Å². The van der Waals surface area contributed by atoms with Gasteiger partial charge in [0.15, 0.2) is 5.96 Å². The molecule has 0 aliphatic carbocycles. The molecular formula is C9H20IN3O2. The number of esters is 1. The molecule has 0 aromatic carbocycles. The number of hydrogen-bond acceptors (Lipinski definition) is 3. The molecule has 90 valence electrons. The first-order valence-corrected chi connectivity index (χ1v) is 4.61. The van der Waals surface area contributed by atoms with E-state index in [0.29, 0.717) is 12.5 Å². The van der Waals surface area contributed by atoms with Crippen molar-refractivity contribution in [2.24, 2.45) is 16.6 Å². The maximum absolute atomic E-state index is 11.0. The van der Waals surface area contributed by atoms with E-state index in [9.17, 15) is 4.79 Å². The number of guanidine groups is 1. The van der Waals surface area contributed by atoms with Gasteiger partial charge in [0.1, 0.15) is 0 Å². The van der Waals surface area contributed by atoms with Gasteiger partial charge in [0.05, 0.1) is 19.6 Å². The Morgan fingerprint density at radius 2 is 2.00 bits per heavy atom. The van der Waals surface area contributed by atoms with E-state index >= 15 is 0 Å². The third kappa shape index (κ3) is 8.46. The zero-order valence-corrected chi connectivity index (χ0v) is 11.9. The van der Waals surface area contributed by atoms with Gasteiger partial charge in [-0.3, -0.25) is 9.79 Å². The van der Waals surface area contributed by atoms with E-state index in [0.717, 1.165) is 0 Å². The van der Waals surface area contributed by atoms with Crippen molar-refractivity contribution in [3.05, 3.63) is 0 Å². The summed E-state index contributed by atoms with van der Waals surface area (Å²) in [5, 5.41) is 2.93. The van der Waals surface area contributed by atoms with Crippen LogP contribution in [0.3, 0.4) is 0 Å². The molecule has 0 amide bonds. The number of halogens is 1. The summed E-state index contributed by atoms with van der Waals surface area (Å²) in [6, 6.07) is 0.243. The SMILES string of the molecule is COC(=O)C(C)CN=C(N)NC(C)C.I. The van der Waals surface area contributed by atoms with Gasteiger partial charge in [0, 0.05) is 6.04 Å². The summed E-state index contributed by atoms with van der Waals surface area (Å²) < 4.78 is 4.56. The van der Waals surface area contributed by atoms with Gasteiger partial charge in [0.25, 0.3) is 0 Å². The highest BCUT2D eigenvalue weighted by atomic mass is 127. The number of carbonyl (C=O) groups excluding carboxylic acids is 1. The van der Waals surface area contributed by atoms with Crippen molar-refractivity contribution in [1.82, 2.24) is 5.32 Å². The molecule has 0 aromatic rings. The minimum atomic E-state index is -0.272. The summed E-state index contributed by atoms with van der Waals surface area (Å²) in [6.07, 6.45) is 0. The van der Waals surface area contributed by atoms with Crippen LogP contribution >= 0.6 is 24.0 Å². The number of ether oxygens (including phenoxy) is 1. The van der Waals surface area contributed by atoms with Crippen molar-refractivity contribution in [3.8, 4) is 0 Å². The number of aliphatic imine (C=N–C) groups is 1. The van der Waals surface area contributed by atoms with Crippen LogP contribution in [0.4, 0.5) is 0 Å². The lowest BCUT2D eigenvalue weighted by atomic mass is 10.2. The zero-order valence-electron chi connectivity index (χ0n) is 9.61. The molecule has 0 saturated carbocycles. The van der Waals surface area contributed by atoms with Crippen LogP contribution in [0.15, 0.2) is 4.99 Å². The van der Waals surface area contributed by atoms with Crippen LogP contribution in [0.25, 0.3) is 0 Å². The average molecular weight is 329 g/mol. The molecule has 0 radical (unpaired) electrons. The third-order valence-corrected chi connectivity index (χ3v) is 1.58. The Kier molecular flexibility index (Phi) is 9.85. The highest BCUT2D eigenvalue weighted by Gasteiger charge is 2.11. The second kappa shape index (κ2) is 8.75. The topological polar surface area (TPSA) is 76.7 Å². The fraction of sp³-hybridized carbons (Fsp3) is 0.778. The summed E-state index contributed by atoms with van der Waals surface area (Å²) in [4.78, 5) is 15.0. The van der Waals surface area contributed by atoms with E-state index in [1.165, 1.54) is 7.11 Å². The zero-order chi connectivity index (χ0) is 11.1. The average Bonchev–Trinajstić information content (AvgIpc) is 2.11. The molecule has 1 atom stereocenters. The Hall–Kier alpha value is -0.530. The van der Waals surface area contributed by atoms with Gasteiger partial charge in [-0.05, 0) is 13.8 Å². The van der Waals surface area contributed by atoms with Crippen LogP contribution in [0.1, 0.15) is 20.8 Å². The monoisotopic (exact) mass is 329 g/mol. The highest BCUT2D eigenvalue weighted by molar-refractivity contribution is 14.0. The van der Waals surface area contributed by atoms with E-state index < -0.39 is 0 Å². The van der Waals surface area contributed by atoms with Crippen LogP contribution in [0, 0.1) is 5.92 Å². The summed E-state index contributed by atoms with van der Waals surface area (Å²) >= 11 is 0. The van der Waals surface area contributed by atoms with Crippen molar-refractivity contribution >= 4 is 35.9 Å². The van der Waals surface area contributed by atoms with E-state index in [1.807, 2.05) is 13.8 Å². The molecule has 0 fully saturated rings. The summed E-state index contributed by atoms with van der Waals surface area (Å²) in [5.41, 5.74) is 5.55. The van der Waals surface area contributed by atoms with Gasteiger partial charge < -0.3 is 15.8 Å². The van der Waals surface area contributed by atoms with Crippen LogP contribution in [0.2, 0.25) is 0 Å². The fourth-order valence-electron chi connectivity index (χ4n) is 0.852. The molecular weight excluding hydrogens is 309 g/mol. The minimum Gasteiger partial charge on any atom is -0.469 e. The molecule has 6 heteroatoms. The van der Waals surface area contributed by atoms with Gasteiger partial charge in [-0.1, -0.05) is 6.92 Å². The Morgan fingerprint density at radius 1 is 1.47 bits per heavy atom. The predicted molar refractivity (Wildman–Crippen MR) is 71.4 cm³/mol. The first kappa shape index (κ1) is 16.9. The van der Waals surface area contributed by atoms with E-state index in [1.54, 1.807) is 6.92 Å². The van der Waals surface area contributed by atoms with Gasteiger partial charge in [-0.2, -0.15) is 0 Å². The molecule has 0 bridgehead atoms. The molecule has 1 unspecified atom stereocenters. The Morgan fingerprint density at radius 3 is 2.40 bits per heavy atom. The van der Waals surface area contributed by atoms with Crippen molar-refractivity contribution in [1.29, 1.82) is 0 Å². The van der Waals surface area contributed by atoms with Crippen molar-refractivity contribution in [3.63, 3.8) is 0 Å². The molecule has 0 aromatic heterocycles. The highest BCUT2D eigenvalue weighted by Crippen LogP contribution is 1.97. The molecule has 3 N–H and O–H groups in total. The smallest absolute Gasteiger partial charge is 0.310 e. The second-order valence-electron chi connectivity index (χ2n) is 3.45. The second-order valence-corrected chi connectivity index (χ2v) is 3.45. The number of rotatable bonds is 4. The normalized spacial score (nSPS) is 13.0. The van der Waals surface area contributed by atoms with Crippen LogP contribution < -0.4 is 11.1 Å². The van der Waals surface area contributed by atoms with E-state index in [2.05, 4.69) is 15.0 Å². The van der Waals surface area contributed by atoms with Crippen LogP contribution in [-0.2, 0) is 9.53 Å². The maximum Gasteiger partial charge on any atom is 0.310 e. The lowest BCUT2D eigenvalue weighted by Gasteiger charge is -2.10. The van der Waals surface area contributed by atoms with Gasteiger partial charge in [0.2, 0.25) is 0 Å². The fourth-order valence-corrected chi connectivity index (χ4v) is 0.852. The quantitative estimate of drug-likeness (QED) is 0.345. The number of carbonyl (C=O) groups is 1. The molecule has 5 nitrogen and oxygen atoms in total. The summed E-state index contributed by atoms with van der Waals surface area (Å²) in [7, 11) is 1.36. The van der Waals surface area contributed by atoms with Crippen molar-refractivity contribution in [2.75, 3.05) is 13.7 Å². The number of nitrogens with one attached hydrogen (secondary N) is 1. The third-order valence-electron chi connectivity index (χ3n) is 1.58. The maximum atomic E-state index is 11.0. The Bertz CT molecular complexity index is 219. The van der Waals surface area contributed by atoms with Gasteiger partial charge in [-0.25, -0.2) is 0 Å². The standard InChI is InChI=1S/C9H19N3O2.HI/c1-6(2)12-9(10)11-5-7(3)8(13)14-4;/h6-7H,5H2,1-4H3,(H3,10,11,12);1H. The van der Waals surface area contributed by atoms with E-state index in [-0.39, 0.29) is 41.9 Å². The molecule has 0 heterocycles. The van der Waals surface area contributed by atoms with Gasteiger partial charge >= 0.3 is 5.97 Å². The molecule has 15 heavy (non-hydrogen) atoms. The minimum absolute atomic E-state index is 0. The number of nitrogens with two attached hydrogens (primary N) is 1. The first-order valence-electron chi connectivity index (χ1n) is 4.61. The van der Waals surface area contributed by atoms with Crippen LogP contribution in [-0.4, -0.2) is 31.6 Å². The number of hydrogen-bond donors (Lipinski definition) is 2.